The molecule has 0 aliphatic rings. The average molecular weight is 208 g/mol. The Labute approximate surface area is 87.0 Å². The van der Waals surface area contributed by atoms with Crippen molar-refractivity contribution >= 4 is 11.6 Å². The lowest BCUT2D eigenvalue weighted by molar-refractivity contribution is 0.117. The molecule has 1 N–H and O–H groups in total. The fraction of sp³-hybridized carbons (Fsp3) is 1.00. The van der Waals surface area contributed by atoms with Crippen LogP contribution in [0.15, 0.2) is 0 Å². The highest BCUT2D eigenvalue weighted by molar-refractivity contribution is 6.20. The molecule has 2 unspecified atom stereocenters. The van der Waals surface area contributed by atoms with E-state index < -0.39 is 0 Å². The first-order chi connectivity index (χ1) is 6.06. The number of ether oxygens (including phenoxy) is 1. The van der Waals surface area contributed by atoms with E-state index in [0.29, 0.717) is 5.92 Å². The molecular weight excluding hydrogens is 186 g/mol. The van der Waals surface area contributed by atoms with Crippen molar-refractivity contribution in [2.75, 3.05) is 20.2 Å². The first-order valence-electron chi connectivity index (χ1n) is 4.93. The molecule has 0 saturated carbocycles. The predicted octanol–water partition coefficient (Wildman–Crippen LogP) is 2.26. The Kier molecular flexibility index (Phi) is 7.72. The van der Waals surface area contributed by atoms with Gasteiger partial charge in [-0.2, -0.15) is 0 Å². The minimum atomic E-state index is 0.240. The van der Waals surface area contributed by atoms with E-state index in [9.17, 15) is 0 Å². The van der Waals surface area contributed by atoms with Gasteiger partial charge < -0.3 is 10.1 Å². The van der Waals surface area contributed by atoms with E-state index in [1.54, 1.807) is 7.11 Å². The lowest BCUT2D eigenvalue weighted by Gasteiger charge is -2.15. The van der Waals surface area contributed by atoms with E-state index >= 15 is 0 Å². The van der Waals surface area contributed by atoms with Gasteiger partial charge in [-0.25, -0.2) is 0 Å². The molecule has 0 heterocycles. The molecule has 0 saturated heterocycles. The summed E-state index contributed by atoms with van der Waals surface area (Å²) in [7, 11) is 1.72. The Bertz CT molecular complexity index is 119. The average Bonchev–Trinajstić information content (AvgIpc) is 2.02. The van der Waals surface area contributed by atoms with Gasteiger partial charge in [0.2, 0.25) is 0 Å². The van der Waals surface area contributed by atoms with Crippen LogP contribution in [0.2, 0.25) is 0 Å². The van der Waals surface area contributed by atoms with Crippen LogP contribution in [0, 0.1) is 5.92 Å². The standard InChI is InChI=1S/C10H22ClNO/c1-8(2)5-10(11)7-12-6-9(3)13-4/h8-10,12H,5-7H2,1-4H3. The maximum absolute atomic E-state index is 6.10. The van der Waals surface area contributed by atoms with Gasteiger partial charge in [-0.05, 0) is 19.3 Å². The highest BCUT2D eigenvalue weighted by atomic mass is 35.5. The molecule has 2 nitrogen and oxygen atoms in total. The van der Waals surface area contributed by atoms with Crippen LogP contribution < -0.4 is 5.32 Å². The molecule has 3 heteroatoms. The zero-order chi connectivity index (χ0) is 10.3. The van der Waals surface area contributed by atoms with Gasteiger partial charge in [0.05, 0.1) is 6.10 Å². The molecule has 0 rings (SSSR count). The highest BCUT2D eigenvalue weighted by Crippen LogP contribution is 2.09. The molecule has 0 amide bonds. The summed E-state index contributed by atoms with van der Waals surface area (Å²) in [6.07, 6.45) is 1.33. The smallest absolute Gasteiger partial charge is 0.0667 e. The molecule has 0 aromatic carbocycles. The van der Waals surface area contributed by atoms with Crippen molar-refractivity contribution in [3.8, 4) is 0 Å². The van der Waals surface area contributed by atoms with Gasteiger partial charge in [0.1, 0.15) is 0 Å². The van der Waals surface area contributed by atoms with Crippen LogP contribution >= 0.6 is 11.6 Å². The van der Waals surface area contributed by atoms with Crippen LogP contribution in [0.5, 0.6) is 0 Å². The summed E-state index contributed by atoms with van der Waals surface area (Å²) in [6, 6.07) is 0. The third kappa shape index (κ3) is 8.54. The summed E-state index contributed by atoms with van der Waals surface area (Å²) >= 11 is 6.10. The van der Waals surface area contributed by atoms with Gasteiger partial charge in [0.15, 0.2) is 0 Å². The van der Waals surface area contributed by atoms with Crippen molar-refractivity contribution in [2.45, 2.75) is 38.7 Å². The predicted molar refractivity (Wildman–Crippen MR) is 58.4 cm³/mol. The zero-order valence-electron chi connectivity index (χ0n) is 9.14. The molecule has 80 valence electrons. The fourth-order valence-corrected chi connectivity index (χ4v) is 1.59. The third-order valence-electron chi connectivity index (χ3n) is 1.93. The fourth-order valence-electron chi connectivity index (χ4n) is 1.12. The third-order valence-corrected chi connectivity index (χ3v) is 2.26. The Hall–Kier alpha value is 0.210. The van der Waals surface area contributed by atoms with Crippen LogP contribution in [0.4, 0.5) is 0 Å². The molecule has 0 radical (unpaired) electrons. The quantitative estimate of drug-likeness (QED) is 0.647. The molecule has 0 spiro atoms. The van der Waals surface area contributed by atoms with Crippen molar-refractivity contribution < 1.29 is 4.74 Å². The zero-order valence-corrected chi connectivity index (χ0v) is 9.90. The highest BCUT2D eigenvalue weighted by Gasteiger charge is 2.07. The minimum Gasteiger partial charge on any atom is -0.380 e. The Morgan fingerprint density at radius 1 is 1.23 bits per heavy atom. The van der Waals surface area contributed by atoms with Gasteiger partial charge in [0, 0.05) is 25.6 Å². The summed E-state index contributed by atoms with van der Waals surface area (Å²) in [5.74, 6) is 0.671. The van der Waals surface area contributed by atoms with Crippen LogP contribution in [0.25, 0.3) is 0 Å². The molecular formula is C10H22ClNO. The van der Waals surface area contributed by atoms with Crippen molar-refractivity contribution in [3.63, 3.8) is 0 Å². The molecule has 0 bridgehead atoms. The lowest BCUT2D eigenvalue weighted by atomic mass is 10.1. The van der Waals surface area contributed by atoms with E-state index in [2.05, 4.69) is 19.2 Å². The minimum absolute atomic E-state index is 0.240. The number of nitrogens with one attached hydrogen (secondary N) is 1. The molecule has 0 fully saturated rings. The maximum atomic E-state index is 6.10. The van der Waals surface area contributed by atoms with Crippen molar-refractivity contribution in [1.29, 1.82) is 0 Å². The van der Waals surface area contributed by atoms with E-state index in [-0.39, 0.29) is 11.5 Å². The summed E-state index contributed by atoms with van der Waals surface area (Å²) in [5, 5.41) is 3.52. The van der Waals surface area contributed by atoms with E-state index in [1.807, 2.05) is 6.92 Å². The van der Waals surface area contributed by atoms with Gasteiger partial charge in [-0.1, -0.05) is 13.8 Å². The van der Waals surface area contributed by atoms with Gasteiger partial charge in [-0.15, -0.1) is 11.6 Å². The van der Waals surface area contributed by atoms with Crippen LogP contribution in [-0.2, 0) is 4.74 Å². The number of halogens is 1. The number of hydrogen-bond donors (Lipinski definition) is 1. The van der Waals surface area contributed by atoms with Gasteiger partial charge in [-0.3, -0.25) is 0 Å². The number of rotatable bonds is 7. The maximum Gasteiger partial charge on any atom is 0.0667 e. The second-order valence-corrected chi connectivity index (χ2v) is 4.55. The summed E-state index contributed by atoms with van der Waals surface area (Å²) in [5.41, 5.74) is 0. The lowest BCUT2D eigenvalue weighted by Crippen LogP contribution is -2.31. The normalized spacial score (nSPS) is 16.2. The number of methoxy groups -OCH3 is 1. The van der Waals surface area contributed by atoms with Gasteiger partial charge in [0.25, 0.3) is 0 Å². The monoisotopic (exact) mass is 207 g/mol. The molecule has 0 aliphatic carbocycles. The van der Waals surface area contributed by atoms with Crippen molar-refractivity contribution in [1.82, 2.24) is 5.32 Å². The Morgan fingerprint density at radius 3 is 2.31 bits per heavy atom. The number of hydrogen-bond acceptors (Lipinski definition) is 2. The molecule has 0 aliphatic heterocycles. The molecule has 0 aromatic heterocycles. The van der Waals surface area contributed by atoms with E-state index in [0.717, 1.165) is 19.5 Å². The molecule has 13 heavy (non-hydrogen) atoms. The van der Waals surface area contributed by atoms with E-state index in [1.165, 1.54) is 0 Å². The van der Waals surface area contributed by atoms with Crippen LogP contribution in [0.1, 0.15) is 27.2 Å². The van der Waals surface area contributed by atoms with Crippen molar-refractivity contribution in [3.05, 3.63) is 0 Å². The van der Waals surface area contributed by atoms with E-state index in [4.69, 9.17) is 16.3 Å². The van der Waals surface area contributed by atoms with Crippen LogP contribution in [-0.4, -0.2) is 31.7 Å². The summed E-state index contributed by atoms with van der Waals surface area (Å²) in [4.78, 5) is 0. The SMILES string of the molecule is COC(C)CNCC(Cl)CC(C)C. The van der Waals surface area contributed by atoms with Crippen molar-refractivity contribution in [2.24, 2.45) is 5.92 Å². The summed E-state index contributed by atoms with van der Waals surface area (Å²) in [6.45, 7) is 8.16. The number of alkyl halides is 1. The first kappa shape index (κ1) is 13.2. The second kappa shape index (κ2) is 7.60. The first-order valence-corrected chi connectivity index (χ1v) is 5.37. The van der Waals surface area contributed by atoms with Gasteiger partial charge >= 0.3 is 0 Å². The Morgan fingerprint density at radius 2 is 1.85 bits per heavy atom. The largest absolute Gasteiger partial charge is 0.380 e. The topological polar surface area (TPSA) is 21.3 Å². The Balaban J connectivity index is 3.31. The van der Waals surface area contributed by atoms with Crippen LogP contribution in [0.3, 0.4) is 0 Å². The second-order valence-electron chi connectivity index (χ2n) is 3.93. The molecule has 2 atom stereocenters. The molecule has 0 aromatic rings. The summed E-state index contributed by atoms with van der Waals surface area (Å²) < 4.78 is 5.11.